The van der Waals surface area contributed by atoms with Gasteiger partial charge in [0.2, 0.25) is 6.79 Å². The summed E-state index contributed by atoms with van der Waals surface area (Å²) in [6, 6.07) is 1.92. The highest BCUT2D eigenvalue weighted by Crippen LogP contribution is 2.40. The van der Waals surface area contributed by atoms with E-state index in [1.165, 1.54) is 0 Å². The molecule has 0 bridgehead atoms. The van der Waals surface area contributed by atoms with Crippen LogP contribution in [0.25, 0.3) is 0 Å². The highest BCUT2D eigenvalue weighted by molar-refractivity contribution is 9.10. The largest absolute Gasteiger partial charge is 0.454 e. The molecule has 0 saturated carbocycles. The topological polar surface area (TPSA) is 44.5 Å². The molecule has 1 heterocycles. The minimum atomic E-state index is 0.302. The highest BCUT2D eigenvalue weighted by atomic mass is 79.9. The van der Waals surface area contributed by atoms with Crippen LogP contribution in [0.2, 0.25) is 0 Å². The lowest BCUT2D eigenvalue weighted by atomic mass is 10.1. The zero-order valence-corrected chi connectivity index (χ0v) is 8.85. The lowest BCUT2D eigenvalue weighted by Gasteiger charge is -2.07. The third-order valence-electron chi connectivity index (χ3n) is 2.12. The number of nitrogens with two attached hydrogens (primary N) is 1. The van der Waals surface area contributed by atoms with Crippen LogP contribution in [0, 0.1) is 6.92 Å². The number of benzene rings is 1. The molecule has 1 aliphatic heterocycles. The van der Waals surface area contributed by atoms with E-state index in [0.717, 1.165) is 27.1 Å². The van der Waals surface area contributed by atoms with Gasteiger partial charge >= 0.3 is 0 Å². The Bertz CT molecular complexity index is 351. The maximum absolute atomic E-state index is 5.59. The third kappa shape index (κ3) is 1.30. The van der Waals surface area contributed by atoms with Crippen LogP contribution in [0.4, 0.5) is 0 Å². The molecule has 13 heavy (non-hydrogen) atoms. The van der Waals surface area contributed by atoms with Crippen LogP contribution in [0.1, 0.15) is 11.1 Å². The van der Waals surface area contributed by atoms with Crippen molar-refractivity contribution >= 4 is 15.9 Å². The fourth-order valence-corrected chi connectivity index (χ4v) is 1.86. The quantitative estimate of drug-likeness (QED) is 0.821. The molecule has 0 radical (unpaired) electrons. The molecule has 1 aromatic rings. The Labute approximate surface area is 85.0 Å². The fraction of sp³-hybridized carbons (Fsp3) is 0.333. The molecule has 1 aliphatic rings. The van der Waals surface area contributed by atoms with E-state index >= 15 is 0 Å². The predicted molar refractivity (Wildman–Crippen MR) is 52.9 cm³/mol. The molecule has 0 spiro atoms. The first-order valence-electron chi connectivity index (χ1n) is 4.01. The van der Waals surface area contributed by atoms with Crippen LogP contribution < -0.4 is 15.2 Å². The molecular weight excluding hydrogens is 234 g/mol. The number of ether oxygens (including phenoxy) is 2. The second kappa shape index (κ2) is 3.20. The van der Waals surface area contributed by atoms with Gasteiger partial charge in [0.1, 0.15) is 0 Å². The first kappa shape index (κ1) is 8.84. The number of halogens is 1. The van der Waals surface area contributed by atoms with Gasteiger partial charge in [-0.2, -0.15) is 0 Å². The summed E-state index contributed by atoms with van der Waals surface area (Å²) in [6.45, 7) is 2.78. The molecule has 1 aromatic carbocycles. The highest BCUT2D eigenvalue weighted by Gasteiger charge is 2.19. The van der Waals surface area contributed by atoms with E-state index in [9.17, 15) is 0 Å². The monoisotopic (exact) mass is 243 g/mol. The molecule has 2 N–H and O–H groups in total. The van der Waals surface area contributed by atoms with Gasteiger partial charge in [-0.3, -0.25) is 0 Å². The van der Waals surface area contributed by atoms with Crippen LogP contribution >= 0.6 is 15.9 Å². The van der Waals surface area contributed by atoms with Gasteiger partial charge in [-0.15, -0.1) is 0 Å². The summed E-state index contributed by atoms with van der Waals surface area (Å²) >= 11 is 3.48. The molecule has 4 heteroatoms. The van der Waals surface area contributed by atoms with E-state index in [1.807, 2.05) is 13.0 Å². The molecule has 0 atom stereocenters. The van der Waals surface area contributed by atoms with Crippen molar-refractivity contribution in [3.05, 3.63) is 21.7 Å². The SMILES string of the molecule is Cc1c(Br)c(CN)cc2c1OCO2. The van der Waals surface area contributed by atoms with Gasteiger partial charge in [-0.05, 0) is 18.6 Å². The summed E-state index contributed by atoms with van der Waals surface area (Å²) in [5.41, 5.74) is 7.68. The minimum Gasteiger partial charge on any atom is -0.454 e. The Morgan fingerprint density at radius 1 is 1.54 bits per heavy atom. The molecule has 0 aliphatic carbocycles. The molecule has 3 nitrogen and oxygen atoms in total. The van der Waals surface area contributed by atoms with Crippen LogP contribution in [-0.4, -0.2) is 6.79 Å². The van der Waals surface area contributed by atoms with Crippen molar-refractivity contribution in [2.75, 3.05) is 6.79 Å². The molecule has 0 saturated heterocycles. The average molecular weight is 244 g/mol. The number of hydrogen-bond donors (Lipinski definition) is 1. The van der Waals surface area contributed by atoms with Crippen molar-refractivity contribution in [3.63, 3.8) is 0 Å². The van der Waals surface area contributed by atoms with E-state index < -0.39 is 0 Å². The van der Waals surface area contributed by atoms with Crippen molar-refractivity contribution in [2.24, 2.45) is 5.73 Å². The normalized spacial score (nSPS) is 13.5. The van der Waals surface area contributed by atoms with Gasteiger partial charge in [-0.1, -0.05) is 15.9 Å². The zero-order chi connectivity index (χ0) is 9.42. The first-order chi connectivity index (χ1) is 6.24. The standard InChI is InChI=1S/C9H10BrNO2/c1-5-8(10)6(3-11)2-7-9(5)13-4-12-7/h2H,3-4,11H2,1H3. The third-order valence-corrected chi connectivity index (χ3v) is 3.22. The predicted octanol–water partition coefficient (Wildman–Crippen LogP) is 1.94. The second-order valence-electron chi connectivity index (χ2n) is 2.91. The van der Waals surface area contributed by atoms with E-state index in [1.54, 1.807) is 0 Å². The molecule has 2 rings (SSSR count). The van der Waals surface area contributed by atoms with Crippen molar-refractivity contribution in [1.29, 1.82) is 0 Å². The lowest BCUT2D eigenvalue weighted by molar-refractivity contribution is 0.173. The molecule has 0 aromatic heterocycles. The zero-order valence-electron chi connectivity index (χ0n) is 7.26. The van der Waals surface area contributed by atoms with Gasteiger partial charge in [0.05, 0.1) is 0 Å². The van der Waals surface area contributed by atoms with E-state index in [-0.39, 0.29) is 0 Å². The fourth-order valence-electron chi connectivity index (χ4n) is 1.40. The maximum atomic E-state index is 5.59. The van der Waals surface area contributed by atoms with Gasteiger partial charge in [0.15, 0.2) is 11.5 Å². The number of hydrogen-bond acceptors (Lipinski definition) is 3. The Morgan fingerprint density at radius 3 is 3.00 bits per heavy atom. The Hall–Kier alpha value is -0.740. The molecule has 70 valence electrons. The van der Waals surface area contributed by atoms with Crippen LogP contribution in [-0.2, 0) is 6.54 Å². The van der Waals surface area contributed by atoms with Crippen LogP contribution in [0.3, 0.4) is 0 Å². The first-order valence-corrected chi connectivity index (χ1v) is 4.81. The van der Waals surface area contributed by atoms with Gasteiger partial charge in [0.25, 0.3) is 0 Å². The van der Waals surface area contributed by atoms with E-state index in [2.05, 4.69) is 15.9 Å². The summed E-state index contributed by atoms with van der Waals surface area (Å²) in [5.74, 6) is 1.62. The van der Waals surface area contributed by atoms with Gasteiger partial charge in [0, 0.05) is 16.6 Å². The Morgan fingerprint density at radius 2 is 2.31 bits per heavy atom. The van der Waals surface area contributed by atoms with Crippen LogP contribution in [0.5, 0.6) is 11.5 Å². The second-order valence-corrected chi connectivity index (χ2v) is 3.71. The summed E-state index contributed by atoms with van der Waals surface area (Å²) < 4.78 is 11.6. The summed E-state index contributed by atoms with van der Waals surface area (Å²) in [6.07, 6.45) is 0. The van der Waals surface area contributed by atoms with Crippen LogP contribution in [0.15, 0.2) is 10.5 Å². The minimum absolute atomic E-state index is 0.302. The lowest BCUT2D eigenvalue weighted by Crippen LogP contribution is -1.98. The Kier molecular flexibility index (Phi) is 2.17. The smallest absolute Gasteiger partial charge is 0.231 e. The maximum Gasteiger partial charge on any atom is 0.231 e. The molecular formula is C9H10BrNO2. The van der Waals surface area contributed by atoms with E-state index in [4.69, 9.17) is 15.2 Å². The molecule has 0 fully saturated rings. The van der Waals surface area contributed by atoms with Crippen molar-refractivity contribution in [1.82, 2.24) is 0 Å². The van der Waals surface area contributed by atoms with Crippen molar-refractivity contribution in [2.45, 2.75) is 13.5 Å². The molecule has 0 amide bonds. The average Bonchev–Trinajstić information content (AvgIpc) is 2.59. The summed E-state index contributed by atoms with van der Waals surface area (Å²) in [7, 11) is 0. The molecule has 0 unspecified atom stereocenters. The van der Waals surface area contributed by atoms with Crippen molar-refractivity contribution in [3.8, 4) is 11.5 Å². The number of fused-ring (bicyclic) bond motifs is 1. The van der Waals surface area contributed by atoms with E-state index in [0.29, 0.717) is 13.3 Å². The van der Waals surface area contributed by atoms with Crippen molar-refractivity contribution < 1.29 is 9.47 Å². The van der Waals surface area contributed by atoms with Gasteiger partial charge < -0.3 is 15.2 Å². The summed E-state index contributed by atoms with van der Waals surface area (Å²) in [5, 5.41) is 0. The number of rotatable bonds is 1. The summed E-state index contributed by atoms with van der Waals surface area (Å²) in [4.78, 5) is 0. The Balaban J connectivity index is 2.61. The van der Waals surface area contributed by atoms with Gasteiger partial charge in [-0.25, -0.2) is 0 Å².